The summed E-state index contributed by atoms with van der Waals surface area (Å²) < 4.78 is 19.1. The van der Waals surface area contributed by atoms with Crippen molar-refractivity contribution in [3.8, 4) is 11.5 Å². The number of rotatable bonds is 3. The van der Waals surface area contributed by atoms with Crippen molar-refractivity contribution in [2.24, 2.45) is 5.73 Å². The summed E-state index contributed by atoms with van der Waals surface area (Å²) in [6, 6.07) is 11.8. The normalized spacial score (nSPS) is 10.3. The van der Waals surface area contributed by atoms with Gasteiger partial charge >= 0.3 is 0 Å². The maximum absolute atomic E-state index is 12.9. The Balaban J connectivity index is 2.19. The van der Waals surface area contributed by atoms with Crippen molar-refractivity contribution in [1.82, 2.24) is 0 Å². The Morgan fingerprint density at radius 2 is 1.82 bits per heavy atom. The predicted molar refractivity (Wildman–Crippen MR) is 68.5 cm³/mol. The monoisotopic (exact) mass is 295 g/mol. The Hall–Kier alpha value is -1.39. The van der Waals surface area contributed by atoms with Crippen LogP contribution in [0.3, 0.4) is 0 Å². The summed E-state index contributed by atoms with van der Waals surface area (Å²) in [7, 11) is 0. The zero-order valence-corrected chi connectivity index (χ0v) is 10.6. The van der Waals surface area contributed by atoms with E-state index in [0.717, 1.165) is 5.56 Å². The molecular formula is C13H11BrFNO. The Kier molecular flexibility index (Phi) is 3.76. The highest BCUT2D eigenvalue weighted by atomic mass is 79.9. The summed E-state index contributed by atoms with van der Waals surface area (Å²) in [5.74, 6) is 0.962. The Labute approximate surface area is 107 Å². The minimum atomic E-state index is -0.303. The molecular weight excluding hydrogens is 285 g/mol. The van der Waals surface area contributed by atoms with Crippen LogP contribution in [0, 0.1) is 5.82 Å². The van der Waals surface area contributed by atoms with Crippen molar-refractivity contribution in [1.29, 1.82) is 0 Å². The first-order valence-electron chi connectivity index (χ1n) is 5.11. The van der Waals surface area contributed by atoms with Gasteiger partial charge in [0, 0.05) is 6.54 Å². The van der Waals surface area contributed by atoms with Crippen molar-refractivity contribution in [3.05, 3.63) is 58.3 Å². The second-order valence-corrected chi connectivity index (χ2v) is 4.38. The van der Waals surface area contributed by atoms with Crippen LogP contribution in [-0.4, -0.2) is 0 Å². The largest absolute Gasteiger partial charge is 0.456 e. The van der Waals surface area contributed by atoms with Gasteiger partial charge < -0.3 is 10.5 Å². The van der Waals surface area contributed by atoms with Crippen molar-refractivity contribution >= 4 is 15.9 Å². The van der Waals surface area contributed by atoms with Crippen LogP contribution in [0.2, 0.25) is 0 Å². The highest BCUT2D eigenvalue weighted by Gasteiger charge is 2.04. The minimum absolute atomic E-state index is 0.303. The molecule has 0 saturated carbocycles. The lowest BCUT2D eigenvalue weighted by Crippen LogP contribution is -1.95. The summed E-state index contributed by atoms with van der Waals surface area (Å²) in [6.07, 6.45) is 0. The van der Waals surface area contributed by atoms with Crippen LogP contribution in [0.15, 0.2) is 46.9 Å². The molecule has 2 N–H and O–H groups in total. The lowest BCUT2D eigenvalue weighted by atomic mass is 10.2. The number of hydrogen-bond acceptors (Lipinski definition) is 2. The van der Waals surface area contributed by atoms with E-state index in [0.29, 0.717) is 22.5 Å². The van der Waals surface area contributed by atoms with Gasteiger partial charge in [-0.25, -0.2) is 4.39 Å². The number of benzene rings is 2. The smallest absolute Gasteiger partial charge is 0.141 e. The molecule has 0 unspecified atom stereocenters. The highest BCUT2D eigenvalue weighted by Crippen LogP contribution is 2.30. The molecule has 2 aromatic carbocycles. The topological polar surface area (TPSA) is 35.2 Å². The third-order valence-electron chi connectivity index (χ3n) is 2.28. The number of halogens is 2. The van der Waals surface area contributed by atoms with E-state index in [4.69, 9.17) is 10.5 Å². The van der Waals surface area contributed by atoms with Crippen LogP contribution in [0.1, 0.15) is 5.56 Å². The lowest BCUT2D eigenvalue weighted by Gasteiger charge is -2.08. The quantitative estimate of drug-likeness (QED) is 0.934. The van der Waals surface area contributed by atoms with Crippen molar-refractivity contribution in [3.63, 3.8) is 0 Å². The van der Waals surface area contributed by atoms with Crippen LogP contribution in [0.4, 0.5) is 4.39 Å². The average Bonchev–Trinajstić information content (AvgIpc) is 2.34. The van der Waals surface area contributed by atoms with E-state index in [9.17, 15) is 4.39 Å². The number of ether oxygens (including phenoxy) is 1. The van der Waals surface area contributed by atoms with Gasteiger partial charge in [-0.15, -0.1) is 0 Å². The molecule has 0 aliphatic heterocycles. The van der Waals surface area contributed by atoms with Gasteiger partial charge in [-0.05, 0) is 51.8 Å². The zero-order chi connectivity index (χ0) is 12.3. The second kappa shape index (κ2) is 5.29. The van der Waals surface area contributed by atoms with E-state index in [1.54, 1.807) is 6.07 Å². The van der Waals surface area contributed by atoms with Gasteiger partial charge in [-0.1, -0.05) is 12.1 Å². The van der Waals surface area contributed by atoms with E-state index >= 15 is 0 Å². The Bertz CT molecular complexity index is 513. The van der Waals surface area contributed by atoms with E-state index in [-0.39, 0.29) is 5.82 Å². The molecule has 0 bridgehead atoms. The van der Waals surface area contributed by atoms with Crippen LogP contribution >= 0.6 is 15.9 Å². The van der Waals surface area contributed by atoms with Gasteiger partial charge in [0.2, 0.25) is 0 Å². The molecule has 17 heavy (non-hydrogen) atoms. The fraction of sp³-hybridized carbons (Fsp3) is 0.0769. The molecule has 0 aliphatic carbocycles. The molecule has 0 aliphatic rings. The van der Waals surface area contributed by atoms with Crippen LogP contribution in [0.25, 0.3) is 0 Å². The van der Waals surface area contributed by atoms with Gasteiger partial charge in [-0.2, -0.15) is 0 Å². The fourth-order valence-corrected chi connectivity index (χ4v) is 1.81. The molecule has 0 spiro atoms. The number of nitrogens with two attached hydrogens (primary N) is 1. The summed E-state index contributed by atoms with van der Waals surface area (Å²) in [5, 5.41) is 0. The van der Waals surface area contributed by atoms with E-state index in [1.807, 2.05) is 24.3 Å². The molecule has 2 rings (SSSR count). The first kappa shape index (κ1) is 12.1. The van der Waals surface area contributed by atoms with Crippen molar-refractivity contribution < 1.29 is 9.13 Å². The zero-order valence-electron chi connectivity index (χ0n) is 8.99. The van der Waals surface area contributed by atoms with Gasteiger partial charge in [0.15, 0.2) is 0 Å². The summed E-state index contributed by atoms with van der Waals surface area (Å²) >= 11 is 3.25. The molecule has 2 aromatic rings. The van der Waals surface area contributed by atoms with E-state index in [2.05, 4.69) is 15.9 Å². The fourth-order valence-electron chi connectivity index (χ4n) is 1.38. The van der Waals surface area contributed by atoms with Crippen LogP contribution in [-0.2, 0) is 6.54 Å². The molecule has 0 amide bonds. The molecule has 0 fully saturated rings. The maximum Gasteiger partial charge on any atom is 0.141 e. The summed E-state index contributed by atoms with van der Waals surface area (Å²) in [4.78, 5) is 0. The molecule has 0 aromatic heterocycles. The van der Waals surface area contributed by atoms with Gasteiger partial charge in [0.05, 0.1) is 4.47 Å². The van der Waals surface area contributed by atoms with Gasteiger partial charge in [0.1, 0.15) is 17.3 Å². The van der Waals surface area contributed by atoms with Crippen molar-refractivity contribution in [2.45, 2.75) is 6.54 Å². The predicted octanol–water partition coefficient (Wildman–Crippen LogP) is 3.84. The molecule has 88 valence electrons. The van der Waals surface area contributed by atoms with Gasteiger partial charge in [0.25, 0.3) is 0 Å². The SMILES string of the molecule is NCc1ccc(Oc2ccc(F)cc2Br)cc1. The number of hydrogen-bond donors (Lipinski definition) is 1. The third-order valence-corrected chi connectivity index (χ3v) is 2.90. The molecule has 2 nitrogen and oxygen atoms in total. The Morgan fingerprint density at radius 1 is 1.12 bits per heavy atom. The average molecular weight is 296 g/mol. The second-order valence-electron chi connectivity index (χ2n) is 3.52. The van der Waals surface area contributed by atoms with E-state index in [1.165, 1.54) is 12.1 Å². The Morgan fingerprint density at radius 3 is 2.41 bits per heavy atom. The van der Waals surface area contributed by atoms with Crippen LogP contribution in [0.5, 0.6) is 11.5 Å². The first-order chi connectivity index (χ1) is 8.19. The molecule has 0 saturated heterocycles. The minimum Gasteiger partial charge on any atom is -0.456 e. The molecule has 0 radical (unpaired) electrons. The maximum atomic E-state index is 12.9. The molecule has 4 heteroatoms. The lowest BCUT2D eigenvalue weighted by molar-refractivity contribution is 0.477. The third kappa shape index (κ3) is 3.05. The summed E-state index contributed by atoms with van der Waals surface area (Å²) in [5.41, 5.74) is 6.54. The van der Waals surface area contributed by atoms with Crippen molar-refractivity contribution in [2.75, 3.05) is 0 Å². The first-order valence-corrected chi connectivity index (χ1v) is 5.90. The van der Waals surface area contributed by atoms with Gasteiger partial charge in [-0.3, -0.25) is 0 Å². The summed E-state index contributed by atoms with van der Waals surface area (Å²) in [6.45, 7) is 0.501. The standard InChI is InChI=1S/C13H11BrFNO/c14-12-7-10(15)3-6-13(12)17-11-4-1-9(8-16)2-5-11/h1-7H,8,16H2. The highest BCUT2D eigenvalue weighted by molar-refractivity contribution is 9.10. The molecule has 0 heterocycles. The van der Waals surface area contributed by atoms with E-state index < -0.39 is 0 Å². The van der Waals surface area contributed by atoms with Crippen LogP contribution < -0.4 is 10.5 Å². The molecule has 0 atom stereocenters.